The number of hydrogen-bond acceptors (Lipinski definition) is 8. The number of hydrogen-bond donors (Lipinski definition) is 6. The highest BCUT2D eigenvalue weighted by Crippen LogP contribution is 2.23. The second-order valence-electron chi connectivity index (χ2n) is 16.6. The SMILES string of the molecule is CCCCCCCC/C=C/CCCCCCCCCCCCCC(=O)N[C@@H](CO[C@H]1O[C@@H](CO)[C@H](O)C(O)C1O)[C@H](O)CCCCCCCCCCCCC. The van der Waals surface area contributed by atoms with E-state index in [9.17, 15) is 30.3 Å². The lowest BCUT2D eigenvalue weighted by Crippen LogP contribution is -2.60. The Kier molecular flexibility index (Phi) is 35.2. The fourth-order valence-corrected chi connectivity index (χ4v) is 7.57. The van der Waals surface area contributed by atoms with Crippen molar-refractivity contribution in [2.24, 2.45) is 0 Å². The van der Waals surface area contributed by atoms with Crippen LogP contribution in [0.2, 0.25) is 0 Å². The molecule has 1 amide bonds. The van der Waals surface area contributed by atoms with Gasteiger partial charge in [0.05, 0.1) is 25.4 Å². The molecule has 55 heavy (non-hydrogen) atoms. The highest BCUT2D eigenvalue weighted by molar-refractivity contribution is 5.76. The van der Waals surface area contributed by atoms with Gasteiger partial charge in [0.1, 0.15) is 24.4 Å². The van der Waals surface area contributed by atoms with E-state index < -0.39 is 49.5 Å². The molecule has 7 atom stereocenters. The number of amides is 1. The molecule has 0 bridgehead atoms. The van der Waals surface area contributed by atoms with Crippen LogP contribution in [-0.4, -0.2) is 87.5 Å². The van der Waals surface area contributed by atoms with Crippen molar-refractivity contribution in [3.8, 4) is 0 Å². The minimum Gasteiger partial charge on any atom is -0.394 e. The molecule has 9 nitrogen and oxygen atoms in total. The van der Waals surface area contributed by atoms with Crippen LogP contribution in [0.25, 0.3) is 0 Å². The molecule has 0 spiro atoms. The van der Waals surface area contributed by atoms with Gasteiger partial charge in [-0.15, -0.1) is 0 Å². The van der Waals surface area contributed by atoms with Crippen LogP contribution in [0, 0.1) is 0 Å². The van der Waals surface area contributed by atoms with Gasteiger partial charge in [0, 0.05) is 6.42 Å². The van der Waals surface area contributed by atoms with E-state index in [4.69, 9.17) is 9.47 Å². The zero-order valence-electron chi connectivity index (χ0n) is 35.7. The normalized spacial score (nSPS) is 21.3. The Morgan fingerprint density at radius 2 is 1.02 bits per heavy atom. The molecule has 0 aliphatic carbocycles. The third-order valence-electron chi connectivity index (χ3n) is 11.4. The molecule has 1 aliphatic rings. The maximum atomic E-state index is 13.0. The summed E-state index contributed by atoms with van der Waals surface area (Å²) in [6, 6.07) is -0.714. The van der Waals surface area contributed by atoms with Crippen molar-refractivity contribution in [1.82, 2.24) is 5.32 Å². The number of aliphatic hydroxyl groups excluding tert-OH is 5. The van der Waals surface area contributed by atoms with E-state index in [1.165, 1.54) is 154 Å². The lowest BCUT2D eigenvalue weighted by molar-refractivity contribution is -0.302. The van der Waals surface area contributed by atoms with E-state index in [2.05, 4.69) is 31.3 Å². The Balaban J connectivity index is 2.26. The summed E-state index contributed by atoms with van der Waals surface area (Å²) in [6.45, 7) is 3.82. The molecule has 0 aromatic rings. The van der Waals surface area contributed by atoms with Gasteiger partial charge >= 0.3 is 0 Å². The lowest BCUT2D eigenvalue weighted by Gasteiger charge is -2.40. The summed E-state index contributed by atoms with van der Waals surface area (Å²) in [5.41, 5.74) is 0. The molecule has 1 heterocycles. The first-order valence-corrected chi connectivity index (χ1v) is 23.4. The number of aliphatic hydroxyl groups is 5. The number of rotatable bonds is 39. The molecule has 2 unspecified atom stereocenters. The van der Waals surface area contributed by atoms with Crippen LogP contribution in [-0.2, 0) is 14.3 Å². The average Bonchev–Trinajstić information content (AvgIpc) is 3.18. The zero-order chi connectivity index (χ0) is 40.2. The third-order valence-corrected chi connectivity index (χ3v) is 11.4. The lowest BCUT2D eigenvalue weighted by atomic mass is 9.99. The summed E-state index contributed by atoms with van der Waals surface area (Å²) in [7, 11) is 0. The van der Waals surface area contributed by atoms with Crippen molar-refractivity contribution >= 4 is 5.91 Å². The van der Waals surface area contributed by atoms with Crippen LogP contribution in [0.1, 0.15) is 219 Å². The highest BCUT2D eigenvalue weighted by atomic mass is 16.7. The van der Waals surface area contributed by atoms with Crippen molar-refractivity contribution in [1.29, 1.82) is 0 Å². The standard InChI is InChI=1S/C46H89NO8/c1-3-5-7-9-11-13-15-16-17-18-19-20-21-22-23-24-26-28-30-32-34-36-42(50)47-39(38-54-46-45(53)44(52)43(51)41(37-48)55-46)40(49)35-33-31-29-27-25-14-12-10-8-6-4-2/h16-17,39-41,43-46,48-49,51-53H,3-15,18-38H2,1-2H3,(H,47,50)/b17-16+/t39-,40+,41-,43-,44?,45?,46-/m0/s1. The van der Waals surface area contributed by atoms with E-state index in [-0.39, 0.29) is 12.5 Å². The average molecular weight is 784 g/mol. The van der Waals surface area contributed by atoms with Crippen molar-refractivity contribution in [3.63, 3.8) is 0 Å². The molecule has 9 heteroatoms. The monoisotopic (exact) mass is 784 g/mol. The first kappa shape index (κ1) is 51.9. The van der Waals surface area contributed by atoms with E-state index in [1.54, 1.807) is 0 Å². The van der Waals surface area contributed by atoms with Crippen molar-refractivity contribution < 1.29 is 39.8 Å². The summed E-state index contributed by atoms with van der Waals surface area (Å²) >= 11 is 0. The minimum atomic E-state index is -1.55. The van der Waals surface area contributed by atoms with Crippen LogP contribution in [0.4, 0.5) is 0 Å². The van der Waals surface area contributed by atoms with Crippen molar-refractivity contribution in [3.05, 3.63) is 12.2 Å². The second kappa shape index (κ2) is 37.2. The topological polar surface area (TPSA) is 149 Å². The second-order valence-corrected chi connectivity index (χ2v) is 16.6. The van der Waals surface area contributed by atoms with Gasteiger partial charge < -0.3 is 40.3 Å². The van der Waals surface area contributed by atoms with Gasteiger partial charge in [0.2, 0.25) is 5.91 Å². The highest BCUT2D eigenvalue weighted by Gasteiger charge is 2.44. The van der Waals surface area contributed by atoms with Gasteiger partial charge in [-0.25, -0.2) is 0 Å². The molecule has 326 valence electrons. The number of unbranched alkanes of at least 4 members (excludes halogenated alkanes) is 27. The molecule has 1 fully saturated rings. The van der Waals surface area contributed by atoms with Crippen LogP contribution in [0.3, 0.4) is 0 Å². The van der Waals surface area contributed by atoms with E-state index >= 15 is 0 Å². The van der Waals surface area contributed by atoms with Gasteiger partial charge in [-0.2, -0.15) is 0 Å². The van der Waals surface area contributed by atoms with Gasteiger partial charge in [-0.3, -0.25) is 4.79 Å². The van der Waals surface area contributed by atoms with Crippen LogP contribution < -0.4 is 5.32 Å². The molecule has 1 aliphatic heterocycles. The first-order valence-electron chi connectivity index (χ1n) is 23.4. The Bertz CT molecular complexity index is 873. The van der Waals surface area contributed by atoms with Gasteiger partial charge in [0.15, 0.2) is 6.29 Å². The molecular weight excluding hydrogens is 695 g/mol. The molecule has 1 rings (SSSR count). The van der Waals surface area contributed by atoms with E-state index in [1.807, 2.05) is 0 Å². The molecule has 1 saturated heterocycles. The Morgan fingerprint density at radius 3 is 1.47 bits per heavy atom. The molecule has 6 N–H and O–H groups in total. The number of ether oxygens (including phenoxy) is 2. The smallest absolute Gasteiger partial charge is 0.220 e. The van der Waals surface area contributed by atoms with Gasteiger partial charge in [0.25, 0.3) is 0 Å². The largest absolute Gasteiger partial charge is 0.394 e. The zero-order valence-corrected chi connectivity index (χ0v) is 35.7. The van der Waals surface area contributed by atoms with Crippen molar-refractivity contribution in [2.75, 3.05) is 13.2 Å². The predicted molar refractivity (Wildman–Crippen MR) is 226 cm³/mol. The minimum absolute atomic E-state index is 0.135. The summed E-state index contributed by atoms with van der Waals surface area (Å²) in [6.07, 6.45) is 35.1. The predicted octanol–water partition coefficient (Wildman–Crippen LogP) is 9.73. The maximum absolute atomic E-state index is 13.0. The number of nitrogens with one attached hydrogen (secondary N) is 1. The summed E-state index contributed by atoms with van der Waals surface area (Å²) in [5.74, 6) is -0.145. The maximum Gasteiger partial charge on any atom is 0.220 e. The first-order chi connectivity index (χ1) is 26.8. The van der Waals surface area contributed by atoms with Gasteiger partial charge in [-0.05, 0) is 38.5 Å². The molecule has 0 radical (unpaired) electrons. The number of carbonyl (C=O) groups is 1. The van der Waals surface area contributed by atoms with Crippen LogP contribution in [0.15, 0.2) is 12.2 Å². The van der Waals surface area contributed by atoms with Crippen molar-refractivity contribution in [2.45, 2.75) is 262 Å². The summed E-state index contributed by atoms with van der Waals surface area (Å²) in [4.78, 5) is 13.0. The molecule has 0 saturated carbocycles. The quantitative estimate of drug-likeness (QED) is 0.0267. The summed E-state index contributed by atoms with van der Waals surface area (Å²) in [5, 5.41) is 54.3. The van der Waals surface area contributed by atoms with Crippen LogP contribution >= 0.6 is 0 Å². The Labute approximate surface area is 337 Å². The number of allylic oxidation sites excluding steroid dienone is 2. The third kappa shape index (κ3) is 28.1. The van der Waals surface area contributed by atoms with Gasteiger partial charge in [-0.1, -0.05) is 187 Å². The van der Waals surface area contributed by atoms with E-state index in [0.29, 0.717) is 12.8 Å². The fourth-order valence-electron chi connectivity index (χ4n) is 7.57. The van der Waals surface area contributed by atoms with E-state index in [0.717, 1.165) is 38.5 Å². The molecular formula is C46H89NO8. The Hall–Kier alpha value is -1.07. The molecule has 0 aromatic carbocycles. The fraction of sp³-hybridized carbons (Fsp3) is 0.935. The number of carbonyl (C=O) groups excluding carboxylic acids is 1. The summed E-state index contributed by atoms with van der Waals surface area (Å²) < 4.78 is 11.2. The molecule has 0 aromatic heterocycles. The Morgan fingerprint density at radius 1 is 0.600 bits per heavy atom. The van der Waals surface area contributed by atoms with Crippen LogP contribution in [0.5, 0.6) is 0 Å².